The molecule has 0 aliphatic heterocycles. The standard InChI is InChI=1S/C11H16FNO2/c1-6-5-8(9(13)3-4-14)7(2)11(15)10(6)12/h5,9,14-15H,3-4,13H2,1-2H3. The lowest BCUT2D eigenvalue weighted by Gasteiger charge is -2.16. The molecule has 4 N–H and O–H groups in total. The van der Waals surface area contributed by atoms with Gasteiger partial charge in [-0.1, -0.05) is 6.07 Å². The second kappa shape index (κ2) is 4.59. The van der Waals surface area contributed by atoms with Crippen LogP contribution in [-0.2, 0) is 0 Å². The van der Waals surface area contributed by atoms with Crippen LogP contribution in [0.3, 0.4) is 0 Å². The topological polar surface area (TPSA) is 66.5 Å². The first kappa shape index (κ1) is 11.9. The third-order valence-corrected chi connectivity index (χ3v) is 2.55. The van der Waals surface area contributed by atoms with Crippen molar-refractivity contribution in [2.45, 2.75) is 26.3 Å². The fourth-order valence-corrected chi connectivity index (χ4v) is 1.57. The van der Waals surface area contributed by atoms with Crippen molar-refractivity contribution in [3.63, 3.8) is 0 Å². The minimum Gasteiger partial charge on any atom is -0.505 e. The maximum Gasteiger partial charge on any atom is 0.167 e. The first-order chi connectivity index (χ1) is 6.99. The van der Waals surface area contributed by atoms with Gasteiger partial charge >= 0.3 is 0 Å². The van der Waals surface area contributed by atoms with E-state index in [0.29, 0.717) is 23.1 Å². The third-order valence-electron chi connectivity index (χ3n) is 2.55. The Balaban J connectivity index is 3.19. The number of phenols is 1. The SMILES string of the molecule is Cc1cc(C(N)CCO)c(C)c(O)c1F. The first-order valence-corrected chi connectivity index (χ1v) is 4.84. The second-order valence-corrected chi connectivity index (χ2v) is 3.69. The van der Waals surface area contributed by atoms with E-state index in [-0.39, 0.29) is 18.4 Å². The summed E-state index contributed by atoms with van der Waals surface area (Å²) >= 11 is 0. The Morgan fingerprint density at radius 1 is 1.47 bits per heavy atom. The van der Waals surface area contributed by atoms with Crippen LogP contribution in [0.5, 0.6) is 5.75 Å². The van der Waals surface area contributed by atoms with Crippen molar-refractivity contribution in [3.8, 4) is 5.75 Å². The van der Waals surface area contributed by atoms with E-state index in [1.54, 1.807) is 19.9 Å². The van der Waals surface area contributed by atoms with E-state index in [2.05, 4.69) is 0 Å². The number of halogens is 1. The van der Waals surface area contributed by atoms with Gasteiger partial charge in [-0.15, -0.1) is 0 Å². The van der Waals surface area contributed by atoms with Crippen molar-refractivity contribution in [3.05, 3.63) is 28.6 Å². The Kier molecular flexibility index (Phi) is 3.66. The van der Waals surface area contributed by atoms with E-state index in [1.165, 1.54) is 0 Å². The smallest absolute Gasteiger partial charge is 0.167 e. The lowest BCUT2D eigenvalue weighted by atomic mass is 9.96. The van der Waals surface area contributed by atoms with E-state index in [4.69, 9.17) is 10.8 Å². The number of nitrogens with two attached hydrogens (primary N) is 1. The zero-order valence-electron chi connectivity index (χ0n) is 8.92. The molecule has 1 atom stereocenters. The van der Waals surface area contributed by atoms with Crippen LogP contribution in [-0.4, -0.2) is 16.8 Å². The number of rotatable bonds is 3. The lowest BCUT2D eigenvalue weighted by molar-refractivity contribution is 0.276. The Morgan fingerprint density at radius 2 is 2.07 bits per heavy atom. The molecule has 4 heteroatoms. The van der Waals surface area contributed by atoms with Crippen LogP contribution in [0.25, 0.3) is 0 Å². The summed E-state index contributed by atoms with van der Waals surface area (Å²) in [5, 5.41) is 18.3. The van der Waals surface area contributed by atoms with Gasteiger partial charge in [0.15, 0.2) is 11.6 Å². The summed E-state index contributed by atoms with van der Waals surface area (Å²) in [6, 6.07) is 1.24. The van der Waals surface area contributed by atoms with Gasteiger partial charge in [0, 0.05) is 12.6 Å². The number of hydrogen-bond acceptors (Lipinski definition) is 3. The van der Waals surface area contributed by atoms with Crippen LogP contribution in [0.1, 0.15) is 29.2 Å². The minimum absolute atomic E-state index is 0.0300. The Labute approximate surface area is 88.4 Å². The number of phenolic OH excluding ortho intramolecular Hbond substituents is 1. The fourth-order valence-electron chi connectivity index (χ4n) is 1.57. The largest absolute Gasteiger partial charge is 0.505 e. The van der Waals surface area contributed by atoms with Crippen LogP contribution in [0.4, 0.5) is 4.39 Å². The Morgan fingerprint density at radius 3 is 2.60 bits per heavy atom. The molecular formula is C11H16FNO2. The van der Waals surface area contributed by atoms with Crippen molar-refractivity contribution in [2.75, 3.05) is 6.61 Å². The van der Waals surface area contributed by atoms with Crippen LogP contribution >= 0.6 is 0 Å². The fraction of sp³-hybridized carbons (Fsp3) is 0.455. The molecule has 3 nitrogen and oxygen atoms in total. The minimum atomic E-state index is -0.604. The zero-order chi connectivity index (χ0) is 11.6. The predicted octanol–water partition coefficient (Wildman–Crippen LogP) is 1.53. The summed E-state index contributed by atoms with van der Waals surface area (Å²) in [5.41, 5.74) is 7.29. The molecule has 0 aliphatic carbocycles. The van der Waals surface area contributed by atoms with Gasteiger partial charge in [0.2, 0.25) is 0 Å². The first-order valence-electron chi connectivity index (χ1n) is 4.84. The molecule has 1 unspecified atom stereocenters. The molecule has 0 aromatic heterocycles. The number of aliphatic hydroxyl groups excluding tert-OH is 1. The van der Waals surface area contributed by atoms with Crippen LogP contribution in [0, 0.1) is 19.7 Å². The van der Waals surface area contributed by atoms with Crippen LogP contribution in [0.15, 0.2) is 6.07 Å². The molecule has 0 fully saturated rings. The summed E-state index contributed by atoms with van der Waals surface area (Å²) in [7, 11) is 0. The maximum absolute atomic E-state index is 13.3. The summed E-state index contributed by atoms with van der Waals surface area (Å²) in [4.78, 5) is 0. The van der Waals surface area contributed by atoms with Crippen molar-refractivity contribution in [1.29, 1.82) is 0 Å². The molecular weight excluding hydrogens is 197 g/mol. The summed E-state index contributed by atoms with van der Waals surface area (Å²) < 4.78 is 13.3. The highest BCUT2D eigenvalue weighted by Gasteiger charge is 2.16. The summed E-state index contributed by atoms with van der Waals surface area (Å²) in [5.74, 6) is -0.953. The van der Waals surface area contributed by atoms with Crippen LogP contribution in [0.2, 0.25) is 0 Å². The van der Waals surface area contributed by atoms with Gasteiger partial charge in [0.05, 0.1) is 0 Å². The highest BCUT2D eigenvalue weighted by Crippen LogP contribution is 2.30. The molecule has 0 bridgehead atoms. The molecule has 1 rings (SSSR count). The molecule has 15 heavy (non-hydrogen) atoms. The molecule has 0 aliphatic rings. The quantitative estimate of drug-likeness (QED) is 0.713. The molecule has 0 radical (unpaired) electrons. The molecule has 84 valence electrons. The summed E-state index contributed by atoms with van der Waals surface area (Å²) in [6.45, 7) is 3.16. The van der Waals surface area contributed by atoms with E-state index in [0.717, 1.165) is 0 Å². The van der Waals surface area contributed by atoms with E-state index in [9.17, 15) is 9.50 Å². The van der Waals surface area contributed by atoms with Gasteiger partial charge in [-0.3, -0.25) is 0 Å². The molecule has 1 aromatic rings. The average molecular weight is 213 g/mol. The van der Waals surface area contributed by atoms with Gasteiger partial charge < -0.3 is 15.9 Å². The van der Waals surface area contributed by atoms with Crippen molar-refractivity contribution < 1.29 is 14.6 Å². The molecule has 0 heterocycles. The highest BCUT2D eigenvalue weighted by molar-refractivity contribution is 5.44. The third kappa shape index (κ3) is 2.27. The normalized spacial score (nSPS) is 12.9. The molecule has 0 amide bonds. The van der Waals surface area contributed by atoms with E-state index < -0.39 is 5.82 Å². The van der Waals surface area contributed by atoms with E-state index in [1.807, 2.05) is 0 Å². The Hall–Kier alpha value is -1.13. The Bertz CT molecular complexity index is 366. The van der Waals surface area contributed by atoms with Crippen molar-refractivity contribution >= 4 is 0 Å². The van der Waals surface area contributed by atoms with Gasteiger partial charge in [0.1, 0.15) is 0 Å². The van der Waals surface area contributed by atoms with Gasteiger partial charge in [-0.05, 0) is 37.0 Å². The number of aryl methyl sites for hydroxylation is 1. The molecule has 0 saturated heterocycles. The lowest BCUT2D eigenvalue weighted by Crippen LogP contribution is -2.14. The predicted molar refractivity (Wildman–Crippen MR) is 56.2 cm³/mol. The van der Waals surface area contributed by atoms with Gasteiger partial charge in [0.25, 0.3) is 0 Å². The zero-order valence-corrected chi connectivity index (χ0v) is 8.92. The van der Waals surface area contributed by atoms with Crippen molar-refractivity contribution in [2.24, 2.45) is 5.73 Å². The van der Waals surface area contributed by atoms with Crippen LogP contribution < -0.4 is 5.73 Å². The molecule has 0 spiro atoms. The number of benzene rings is 1. The summed E-state index contributed by atoms with van der Waals surface area (Å²) in [6.07, 6.45) is 0.394. The van der Waals surface area contributed by atoms with Crippen molar-refractivity contribution in [1.82, 2.24) is 0 Å². The molecule has 0 saturated carbocycles. The molecule has 1 aromatic carbocycles. The highest BCUT2D eigenvalue weighted by atomic mass is 19.1. The average Bonchev–Trinajstić information content (AvgIpc) is 2.20. The van der Waals surface area contributed by atoms with Gasteiger partial charge in [-0.2, -0.15) is 0 Å². The second-order valence-electron chi connectivity index (χ2n) is 3.69. The monoisotopic (exact) mass is 213 g/mol. The number of aliphatic hydroxyl groups is 1. The number of hydrogen-bond donors (Lipinski definition) is 3. The number of aromatic hydroxyl groups is 1. The van der Waals surface area contributed by atoms with Gasteiger partial charge in [-0.25, -0.2) is 4.39 Å². The van der Waals surface area contributed by atoms with E-state index >= 15 is 0 Å². The maximum atomic E-state index is 13.3.